The van der Waals surface area contributed by atoms with E-state index in [-0.39, 0.29) is 11.0 Å². The fourth-order valence-electron chi connectivity index (χ4n) is 0.479. The van der Waals surface area contributed by atoms with Crippen LogP contribution >= 0.6 is 0 Å². The first-order valence-corrected chi connectivity index (χ1v) is 3.66. The van der Waals surface area contributed by atoms with Crippen molar-refractivity contribution in [3.63, 3.8) is 0 Å². The predicted octanol–water partition coefficient (Wildman–Crippen LogP) is 1.27. The van der Waals surface area contributed by atoms with Gasteiger partial charge < -0.3 is 11.2 Å². The number of rotatable bonds is 2. The summed E-state index contributed by atoms with van der Waals surface area (Å²) in [6.45, 7) is 11.1. The molecular weight excluding hydrogens is 126 g/mol. The van der Waals surface area contributed by atoms with E-state index in [0.29, 0.717) is 5.41 Å². The molecule has 0 aliphatic heterocycles. The molecule has 0 spiro atoms. The zero-order valence-corrected chi connectivity index (χ0v) is 7.86. The molecule has 10 heavy (non-hydrogen) atoms. The lowest BCUT2D eigenvalue weighted by Gasteiger charge is -2.33. The molecule has 0 aliphatic carbocycles. The number of hydrogen-bond donors (Lipinski definition) is 1. The van der Waals surface area contributed by atoms with Gasteiger partial charge in [0, 0.05) is 5.41 Å². The van der Waals surface area contributed by atoms with Gasteiger partial charge in [0.15, 0.2) is 0 Å². The van der Waals surface area contributed by atoms with Crippen molar-refractivity contribution in [1.82, 2.24) is 0 Å². The van der Waals surface area contributed by atoms with Crippen LogP contribution in [0.2, 0.25) is 0 Å². The molecule has 0 heterocycles. The fourth-order valence-corrected chi connectivity index (χ4v) is 0.479. The van der Waals surface area contributed by atoms with Crippen molar-refractivity contribution in [1.29, 1.82) is 0 Å². The third-order valence-corrected chi connectivity index (χ3v) is 2.72. The third kappa shape index (κ3) is 2.67. The molecule has 0 bridgehead atoms. The minimum absolute atomic E-state index is 0. The average Bonchev–Trinajstić information content (AvgIpc) is 1.64. The van der Waals surface area contributed by atoms with Crippen LogP contribution in [0.15, 0.2) is 0 Å². The quantitative estimate of drug-likeness (QED) is 0.628. The first-order valence-electron chi connectivity index (χ1n) is 3.66. The molecule has 4 N–H and O–H groups in total. The van der Waals surface area contributed by atoms with Crippen LogP contribution in [0.25, 0.3) is 0 Å². The van der Waals surface area contributed by atoms with Crippen molar-refractivity contribution in [2.45, 2.75) is 46.6 Å². The maximum atomic E-state index is 4.11. The summed E-state index contributed by atoms with van der Waals surface area (Å²) in [4.78, 5) is 0. The summed E-state index contributed by atoms with van der Waals surface area (Å²) >= 11 is 0. The molecular formula is C8H21NO. The molecule has 0 saturated carbocycles. The molecule has 0 aromatic carbocycles. The van der Waals surface area contributed by atoms with Gasteiger partial charge in [0.25, 0.3) is 0 Å². The van der Waals surface area contributed by atoms with Crippen LogP contribution in [0.5, 0.6) is 0 Å². The van der Waals surface area contributed by atoms with Gasteiger partial charge in [-0.2, -0.15) is 0 Å². The van der Waals surface area contributed by atoms with E-state index in [1.807, 2.05) is 0 Å². The van der Waals surface area contributed by atoms with Crippen LogP contribution in [-0.4, -0.2) is 11.0 Å². The fraction of sp³-hybridized carbons (Fsp3) is 1.00. The lowest BCUT2D eigenvalue weighted by atomic mass is 9.73. The highest BCUT2D eigenvalue weighted by molar-refractivity contribution is 4.82. The second-order valence-corrected chi connectivity index (χ2v) is 4.12. The maximum absolute atomic E-state index is 4.11. The lowest BCUT2D eigenvalue weighted by molar-refractivity contribution is -0.493. The summed E-state index contributed by atoms with van der Waals surface area (Å²) in [6.07, 6.45) is 1.20. The highest BCUT2D eigenvalue weighted by Gasteiger charge is 2.34. The lowest BCUT2D eigenvalue weighted by Crippen LogP contribution is -2.75. The van der Waals surface area contributed by atoms with Gasteiger partial charge >= 0.3 is 0 Å². The molecule has 0 rings (SSSR count). The molecule has 2 nitrogen and oxygen atoms in total. The Labute approximate surface area is 64.1 Å². The Morgan fingerprint density at radius 2 is 1.40 bits per heavy atom. The summed E-state index contributed by atoms with van der Waals surface area (Å²) in [5.41, 5.74) is 4.68. The van der Waals surface area contributed by atoms with Crippen molar-refractivity contribution in [2.75, 3.05) is 0 Å². The number of quaternary nitrogens is 1. The van der Waals surface area contributed by atoms with Crippen molar-refractivity contribution in [3.05, 3.63) is 0 Å². The van der Waals surface area contributed by atoms with E-state index >= 15 is 0 Å². The second kappa shape index (κ2) is 3.35. The molecule has 0 aliphatic rings. The topological polar surface area (TPSA) is 57.6 Å². The van der Waals surface area contributed by atoms with E-state index in [4.69, 9.17) is 0 Å². The Morgan fingerprint density at radius 1 is 1.10 bits per heavy atom. The Morgan fingerprint density at radius 3 is 1.40 bits per heavy atom. The Balaban J connectivity index is 0. The van der Waals surface area contributed by atoms with Crippen LogP contribution < -0.4 is 5.73 Å². The minimum Gasteiger partial charge on any atom is -0.870 e. The zero-order chi connectivity index (χ0) is 7.71. The molecule has 0 radical (unpaired) electrons. The van der Waals surface area contributed by atoms with E-state index in [2.05, 4.69) is 40.4 Å². The predicted molar refractivity (Wildman–Crippen MR) is 43.0 cm³/mol. The molecule has 0 aromatic rings. The first-order chi connectivity index (χ1) is 3.81. The molecule has 0 fully saturated rings. The molecule has 0 unspecified atom stereocenters. The van der Waals surface area contributed by atoms with E-state index in [0.717, 1.165) is 0 Å². The van der Waals surface area contributed by atoms with Crippen LogP contribution in [0, 0.1) is 5.41 Å². The highest BCUT2D eigenvalue weighted by Crippen LogP contribution is 2.29. The van der Waals surface area contributed by atoms with Crippen LogP contribution in [-0.2, 0) is 0 Å². The summed E-state index contributed by atoms with van der Waals surface area (Å²) in [6, 6.07) is 0. The normalized spacial score (nSPS) is 12.6. The summed E-state index contributed by atoms with van der Waals surface area (Å²) < 4.78 is 0. The van der Waals surface area contributed by atoms with Crippen molar-refractivity contribution in [3.8, 4) is 0 Å². The van der Waals surface area contributed by atoms with Crippen LogP contribution in [0.4, 0.5) is 0 Å². The molecule has 2 heteroatoms. The zero-order valence-electron chi connectivity index (χ0n) is 7.86. The van der Waals surface area contributed by atoms with Crippen LogP contribution in [0.1, 0.15) is 41.0 Å². The van der Waals surface area contributed by atoms with Gasteiger partial charge in [-0.05, 0) is 20.3 Å². The molecule has 0 saturated heterocycles. The summed E-state index contributed by atoms with van der Waals surface area (Å²) in [5.74, 6) is 0. The van der Waals surface area contributed by atoms with Crippen molar-refractivity contribution in [2.24, 2.45) is 5.41 Å². The molecule has 0 atom stereocenters. The van der Waals surface area contributed by atoms with E-state index in [9.17, 15) is 0 Å². The highest BCUT2D eigenvalue weighted by atomic mass is 16.0. The standard InChI is InChI=1S/C8H19N.H2O/c1-6-7(2,3)8(4,5)9;/h6,9H2,1-5H3;1H2. The van der Waals surface area contributed by atoms with E-state index < -0.39 is 0 Å². The molecule has 64 valence electrons. The van der Waals surface area contributed by atoms with Crippen molar-refractivity contribution < 1.29 is 11.2 Å². The van der Waals surface area contributed by atoms with Crippen LogP contribution in [0.3, 0.4) is 0 Å². The van der Waals surface area contributed by atoms with E-state index in [1.54, 1.807) is 0 Å². The first kappa shape index (κ1) is 12.6. The van der Waals surface area contributed by atoms with Gasteiger partial charge in [0.05, 0.1) is 5.54 Å². The maximum Gasteiger partial charge on any atom is 0.0940 e. The Hall–Kier alpha value is -0.0800. The number of hydrogen-bond acceptors (Lipinski definition) is 1. The molecule has 0 aromatic heterocycles. The van der Waals surface area contributed by atoms with Gasteiger partial charge in [-0.15, -0.1) is 0 Å². The molecule has 0 amide bonds. The second-order valence-electron chi connectivity index (χ2n) is 4.12. The third-order valence-electron chi connectivity index (χ3n) is 2.72. The van der Waals surface area contributed by atoms with Gasteiger partial charge in [-0.25, -0.2) is 0 Å². The minimum atomic E-state index is 0. The van der Waals surface area contributed by atoms with Gasteiger partial charge in [-0.3, -0.25) is 0 Å². The van der Waals surface area contributed by atoms with E-state index in [1.165, 1.54) is 6.42 Å². The van der Waals surface area contributed by atoms with Crippen molar-refractivity contribution >= 4 is 0 Å². The summed E-state index contributed by atoms with van der Waals surface area (Å²) in [5, 5.41) is 0. The Bertz CT molecular complexity index is 91.9. The largest absolute Gasteiger partial charge is 0.870 e. The smallest absolute Gasteiger partial charge is 0.0940 e. The van der Waals surface area contributed by atoms with Gasteiger partial charge in [0.2, 0.25) is 0 Å². The summed E-state index contributed by atoms with van der Waals surface area (Å²) in [7, 11) is 0. The SMILES string of the molecule is CCC(C)(C)C(C)(C)[NH3+].[OH-]. The Kier molecular flexibility index (Phi) is 4.22. The van der Waals surface area contributed by atoms with Gasteiger partial charge in [0.1, 0.15) is 0 Å². The van der Waals surface area contributed by atoms with Gasteiger partial charge in [-0.1, -0.05) is 20.8 Å². The monoisotopic (exact) mass is 147 g/mol. The average molecular weight is 147 g/mol.